The molecule has 0 unspecified atom stereocenters. The van der Waals surface area contributed by atoms with Crippen LogP contribution in [0.4, 0.5) is 4.79 Å². The quantitative estimate of drug-likeness (QED) is 0.610. The molecule has 0 bridgehead atoms. The molecule has 6 nitrogen and oxygen atoms in total. The van der Waals surface area contributed by atoms with Crippen molar-refractivity contribution in [3.8, 4) is 0 Å². The predicted octanol–water partition coefficient (Wildman–Crippen LogP) is 1.06. The molecule has 0 atom stereocenters. The molecule has 0 aromatic rings. The smallest absolute Gasteiger partial charge is 0.329 e. The van der Waals surface area contributed by atoms with Gasteiger partial charge in [-0.25, -0.2) is 9.59 Å². The molecule has 0 aromatic carbocycles. The topological polar surface area (TPSA) is 87.7 Å². The van der Waals surface area contributed by atoms with Gasteiger partial charge in [0.05, 0.1) is 6.61 Å². The highest BCUT2D eigenvalue weighted by molar-refractivity contribution is 7.99. The highest BCUT2D eigenvalue weighted by Crippen LogP contribution is 2.26. The third kappa shape index (κ3) is 7.27. The van der Waals surface area contributed by atoms with Gasteiger partial charge >= 0.3 is 12.0 Å². The molecule has 110 valence electrons. The van der Waals surface area contributed by atoms with Crippen molar-refractivity contribution in [2.75, 3.05) is 26.0 Å². The van der Waals surface area contributed by atoms with E-state index in [-0.39, 0.29) is 25.3 Å². The first kappa shape index (κ1) is 16.1. The third-order valence-electron chi connectivity index (χ3n) is 3.10. The number of carbonyl (C=O) groups is 2. The maximum absolute atomic E-state index is 11.6. The largest absolute Gasteiger partial charge is 0.480 e. The van der Waals surface area contributed by atoms with Crippen LogP contribution in [0.25, 0.3) is 0 Å². The molecule has 7 heteroatoms. The van der Waals surface area contributed by atoms with Crippen LogP contribution in [0.5, 0.6) is 0 Å². The minimum atomic E-state index is -1.00. The van der Waals surface area contributed by atoms with Crippen LogP contribution in [0.2, 0.25) is 0 Å². The molecule has 0 heterocycles. The Balaban J connectivity index is 2.03. The van der Waals surface area contributed by atoms with Crippen LogP contribution in [-0.2, 0) is 9.53 Å². The Kier molecular flexibility index (Phi) is 7.66. The van der Waals surface area contributed by atoms with Gasteiger partial charge in [0.1, 0.15) is 6.61 Å². The minimum absolute atomic E-state index is 0.202. The second-order valence-corrected chi connectivity index (χ2v) is 5.69. The number of ether oxygens (including phenoxy) is 1. The standard InChI is InChI=1S/C12H22N2O4S/c1-19-10-4-2-9(3-5-10)14-12(17)13-6-7-18-8-11(15)16/h9-10H,2-8H2,1H3,(H,15,16)(H2,13,14,17). The van der Waals surface area contributed by atoms with Crippen molar-refractivity contribution >= 4 is 23.8 Å². The van der Waals surface area contributed by atoms with Crippen molar-refractivity contribution < 1.29 is 19.4 Å². The van der Waals surface area contributed by atoms with Gasteiger partial charge in [-0.2, -0.15) is 11.8 Å². The van der Waals surface area contributed by atoms with Crippen molar-refractivity contribution in [2.45, 2.75) is 37.0 Å². The Morgan fingerprint density at radius 3 is 2.58 bits per heavy atom. The minimum Gasteiger partial charge on any atom is -0.480 e. The molecule has 1 rings (SSSR count). The van der Waals surface area contributed by atoms with Crippen LogP contribution >= 0.6 is 11.8 Å². The molecule has 0 aromatic heterocycles. The van der Waals surface area contributed by atoms with E-state index in [9.17, 15) is 9.59 Å². The van der Waals surface area contributed by atoms with Crippen molar-refractivity contribution in [3.05, 3.63) is 0 Å². The van der Waals surface area contributed by atoms with Crippen LogP contribution in [0.3, 0.4) is 0 Å². The summed E-state index contributed by atoms with van der Waals surface area (Å²) >= 11 is 1.90. The van der Waals surface area contributed by atoms with Gasteiger partial charge in [-0.1, -0.05) is 0 Å². The maximum Gasteiger partial charge on any atom is 0.329 e. The lowest BCUT2D eigenvalue weighted by Gasteiger charge is -2.28. The lowest BCUT2D eigenvalue weighted by molar-refractivity contribution is -0.142. The fourth-order valence-electron chi connectivity index (χ4n) is 2.08. The molecule has 1 saturated carbocycles. The van der Waals surface area contributed by atoms with Gasteiger partial charge < -0.3 is 20.5 Å². The zero-order valence-corrected chi connectivity index (χ0v) is 12.0. The number of hydrogen-bond acceptors (Lipinski definition) is 4. The van der Waals surface area contributed by atoms with Crippen molar-refractivity contribution in [2.24, 2.45) is 0 Å². The Labute approximate surface area is 117 Å². The van der Waals surface area contributed by atoms with Gasteiger partial charge in [-0.3, -0.25) is 0 Å². The monoisotopic (exact) mass is 290 g/mol. The van der Waals surface area contributed by atoms with Crippen LogP contribution in [0.1, 0.15) is 25.7 Å². The number of thioether (sulfide) groups is 1. The van der Waals surface area contributed by atoms with Gasteiger partial charge in [0.15, 0.2) is 0 Å². The van der Waals surface area contributed by atoms with Crippen LogP contribution in [0.15, 0.2) is 0 Å². The second kappa shape index (κ2) is 9.03. The van der Waals surface area contributed by atoms with Crippen LogP contribution in [-0.4, -0.2) is 54.4 Å². The summed E-state index contributed by atoms with van der Waals surface area (Å²) in [6, 6.07) is 0.0508. The summed E-state index contributed by atoms with van der Waals surface area (Å²) in [5, 5.41) is 14.7. The Morgan fingerprint density at radius 2 is 2.00 bits per heavy atom. The first-order chi connectivity index (χ1) is 9.11. The van der Waals surface area contributed by atoms with E-state index in [1.807, 2.05) is 11.8 Å². The van der Waals surface area contributed by atoms with Crippen molar-refractivity contribution in [1.82, 2.24) is 10.6 Å². The molecule has 1 fully saturated rings. The number of carboxylic acids is 1. The summed E-state index contributed by atoms with van der Waals surface area (Å²) < 4.78 is 4.82. The predicted molar refractivity (Wildman–Crippen MR) is 74.5 cm³/mol. The van der Waals surface area contributed by atoms with Gasteiger partial charge in [-0.05, 0) is 31.9 Å². The molecule has 0 saturated heterocycles. The summed E-state index contributed by atoms with van der Waals surface area (Å²) in [7, 11) is 0. The maximum atomic E-state index is 11.6. The molecule has 1 aliphatic rings. The average Bonchev–Trinajstić information content (AvgIpc) is 2.39. The second-order valence-electron chi connectivity index (χ2n) is 4.56. The summed E-state index contributed by atoms with van der Waals surface area (Å²) in [4.78, 5) is 21.7. The zero-order chi connectivity index (χ0) is 14.1. The molecular weight excluding hydrogens is 268 g/mol. The highest BCUT2D eigenvalue weighted by atomic mass is 32.2. The van der Waals surface area contributed by atoms with E-state index in [1.54, 1.807) is 0 Å². The summed E-state index contributed by atoms with van der Waals surface area (Å²) in [5.41, 5.74) is 0. The molecule has 0 radical (unpaired) electrons. The first-order valence-corrected chi connectivity index (χ1v) is 7.77. The zero-order valence-electron chi connectivity index (χ0n) is 11.2. The van der Waals surface area contributed by atoms with E-state index in [4.69, 9.17) is 9.84 Å². The van der Waals surface area contributed by atoms with E-state index in [1.165, 1.54) is 0 Å². The molecule has 1 aliphatic carbocycles. The van der Waals surface area contributed by atoms with Crippen LogP contribution < -0.4 is 10.6 Å². The number of nitrogens with one attached hydrogen (secondary N) is 2. The van der Waals surface area contributed by atoms with E-state index in [2.05, 4.69) is 16.9 Å². The van der Waals surface area contributed by atoms with E-state index >= 15 is 0 Å². The van der Waals surface area contributed by atoms with Crippen molar-refractivity contribution in [1.29, 1.82) is 0 Å². The summed E-state index contributed by atoms with van der Waals surface area (Å²) in [6.07, 6.45) is 6.47. The lowest BCUT2D eigenvalue weighted by atomic mass is 9.95. The number of rotatable bonds is 7. The number of urea groups is 1. The van der Waals surface area contributed by atoms with Crippen LogP contribution in [0, 0.1) is 0 Å². The van der Waals surface area contributed by atoms with Gasteiger partial charge in [0.25, 0.3) is 0 Å². The Bertz CT molecular complexity index is 293. The molecule has 19 heavy (non-hydrogen) atoms. The Hall–Kier alpha value is -0.950. The SMILES string of the molecule is CSC1CCC(NC(=O)NCCOCC(=O)O)CC1. The van der Waals surface area contributed by atoms with E-state index < -0.39 is 5.97 Å². The number of hydrogen-bond donors (Lipinski definition) is 3. The van der Waals surface area contributed by atoms with E-state index in [0.717, 1.165) is 30.9 Å². The average molecular weight is 290 g/mol. The lowest BCUT2D eigenvalue weighted by Crippen LogP contribution is -2.44. The third-order valence-corrected chi connectivity index (χ3v) is 4.24. The molecule has 3 N–H and O–H groups in total. The first-order valence-electron chi connectivity index (χ1n) is 6.48. The number of amides is 2. The number of aliphatic carboxylic acids is 1. The summed E-state index contributed by atoms with van der Waals surface area (Å²) in [5.74, 6) is -1.00. The van der Waals surface area contributed by atoms with Gasteiger partial charge in [-0.15, -0.1) is 0 Å². The number of carbonyl (C=O) groups excluding carboxylic acids is 1. The molecular formula is C12H22N2O4S. The van der Waals surface area contributed by atoms with Gasteiger partial charge in [0, 0.05) is 17.8 Å². The fourth-order valence-corrected chi connectivity index (χ4v) is 2.82. The van der Waals surface area contributed by atoms with Gasteiger partial charge in [0.2, 0.25) is 0 Å². The normalized spacial score (nSPS) is 22.8. The molecule has 2 amide bonds. The molecule has 0 aliphatic heterocycles. The number of carboxylic acid groups (broad SMARTS) is 1. The Morgan fingerprint density at radius 1 is 1.32 bits per heavy atom. The fraction of sp³-hybridized carbons (Fsp3) is 0.833. The van der Waals surface area contributed by atoms with E-state index in [0.29, 0.717) is 6.54 Å². The highest BCUT2D eigenvalue weighted by Gasteiger charge is 2.21. The molecule has 0 spiro atoms. The van der Waals surface area contributed by atoms with Crippen molar-refractivity contribution in [3.63, 3.8) is 0 Å². The summed E-state index contributed by atoms with van der Waals surface area (Å²) in [6.45, 7) is 0.195.